The standard InChI is InChI=1S/C25H23FN4O3/c1-15(13-31)21-10-11-22(16(2)24(21)32)33-14-17-6-8-18(9-7-17)23(26)19-4-3-5-20(12-19)25-27-29-30-28-25/h3-13,15,23,32H,14H2,1-2H3,(H,27,28,29,30). The lowest BCUT2D eigenvalue weighted by Crippen LogP contribution is -2.01. The van der Waals surface area contributed by atoms with Gasteiger partial charge < -0.3 is 14.6 Å². The Labute approximate surface area is 190 Å². The van der Waals surface area contributed by atoms with Crippen molar-refractivity contribution in [2.45, 2.75) is 32.5 Å². The second-order valence-electron chi connectivity index (χ2n) is 7.80. The van der Waals surface area contributed by atoms with Gasteiger partial charge in [-0.05, 0) is 41.0 Å². The second-order valence-corrected chi connectivity index (χ2v) is 7.80. The molecular weight excluding hydrogens is 423 g/mol. The lowest BCUT2D eigenvalue weighted by molar-refractivity contribution is -0.108. The van der Waals surface area contributed by atoms with Crippen LogP contribution in [0, 0.1) is 6.92 Å². The van der Waals surface area contributed by atoms with Crippen molar-refractivity contribution < 1.29 is 19.0 Å². The van der Waals surface area contributed by atoms with E-state index in [-0.39, 0.29) is 12.4 Å². The molecule has 2 N–H and O–H groups in total. The summed E-state index contributed by atoms with van der Waals surface area (Å²) in [4.78, 5) is 11.0. The number of aldehydes is 1. The molecule has 0 aliphatic rings. The van der Waals surface area contributed by atoms with Crippen LogP contribution in [0.2, 0.25) is 0 Å². The summed E-state index contributed by atoms with van der Waals surface area (Å²) in [5, 5.41) is 24.2. The minimum absolute atomic E-state index is 0.0609. The van der Waals surface area contributed by atoms with E-state index >= 15 is 4.39 Å². The number of benzene rings is 3. The number of carbonyl (C=O) groups is 1. The second kappa shape index (κ2) is 9.60. The average Bonchev–Trinajstić information content (AvgIpc) is 3.40. The molecule has 1 aromatic heterocycles. The van der Waals surface area contributed by atoms with Crippen LogP contribution in [0.3, 0.4) is 0 Å². The normalized spacial score (nSPS) is 12.8. The molecule has 0 fully saturated rings. The van der Waals surface area contributed by atoms with E-state index in [0.717, 1.165) is 11.8 Å². The topological polar surface area (TPSA) is 101 Å². The van der Waals surface area contributed by atoms with Crippen LogP contribution in [0.25, 0.3) is 11.4 Å². The Morgan fingerprint density at radius 1 is 1.12 bits per heavy atom. The summed E-state index contributed by atoms with van der Waals surface area (Å²) in [5.74, 6) is 0.601. The highest BCUT2D eigenvalue weighted by Gasteiger charge is 2.16. The van der Waals surface area contributed by atoms with Crippen molar-refractivity contribution in [2.24, 2.45) is 0 Å². The molecule has 168 valence electrons. The Balaban J connectivity index is 1.44. The number of tetrazole rings is 1. The zero-order chi connectivity index (χ0) is 23.4. The molecule has 0 saturated carbocycles. The van der Waals surface area contributed by atoms with Gasteiger partial charge in [0.2, 0.25) is 5.82 Å². The molecule has 3 aromatic carbocycles. The van der Waals surface area contributed by atoms with Crippen molar-refractivity contribution in [1.82, 2.24) is 20.6 Å². The van der Waals surface area contributed by atoms with Crippen molar-refractivity contribution >= 4 is 6.29 Å². The first-order valence-corrected chi connectivity index (χ1v) is 10.4. The molecule has 0 amide bonds. The van der Waals surface area contributed by atoms with E-state index < -0.39 is 12.1 Å². The van der Waals surface area contributed by atoms with E-state index in [1.807, 2.05) is 12.1 Å². The zero-order valence-corrected chi connectivity index (χ0v) is 18.2. The molecular formula is C25H23FN4O3. The zero-order valence-electron chi connectivity index (χ0n) is 18.2. The van der Waals surface area contributed by atoms with Crippen molar-refractivity contribution in [1.29, 1.82) is 0 Å². The molecule has 0 saturated heterocycles. The summed E-state index contributed by atoms with van der Waals surface area (Å²) >= 11 is 0. The van der Waals surface area contributed by atoms with Gasteiger partial charge in [-0.15, -0.1) is 10.2 Å². The maximum absolute atomic E-state index is 15.2. The van der Waals surface area contributed by atoms with Gasteiger partial charge >= 0.3 is 0 Å². The number of aromatic hydroxyl groups is 1. The van der Waals surface area contributed by atoms with Gasteiger partial charge in [-0.1, -0.05) is 55.5 Å². The quantitative estimate of drug-likeness (QED) is 0.376. The highest BCUT2D eigenvalue weighted by molar-refractivity contribution is 5.65. The van der Waals surface area contributed by atoms with Crippen LogP contribution in [0.15, 0.2) is 60.7 Å². The van der Waals surface area contributed by atoms with Crippen LogP contribution < -0.4 is 4.74 Å². The fourth-order valence-corrected chi connectivity index (χ4v) is 3.56. The Hall–Kier alpha value is -4.07. The van der Waals surface area contributed by atoms with Crippen molar-refractivity contribution in [3.05, 3.63) is 88.5 Å². The average molecular weight is 446 g/mol. The lowest BCUT2D eigenvalue weighted by Gasteiger charge is -2.15. The Kier molecular flexibility index (Phi) is 6.44. The molecule has 4 aromatic rings. The van der Waals surface area contributed by atoms with E-state index in [0.29, 0.717) is 39.4 Å². The Bertz CT molecular complexity index is 1240. The smallest absolute Gasteiger partial charge is 0.204 e. The number of nitrogens with one attached hydrogen (secondary N) is 1. The summed E-state index contributed by atoms with van der Waals surface area (Å²) in [7, 11) is 0. The largest absolute Gasteiger partial charge is 0.507 e. The number of hydrogen-bond donors (Lipinski definition) is 2. The first-order chi connectivity index (χ1) is 16.0. The van der Waals surface area contributed by atoms with Crippen molar-refractivity contribution in [3.63, 3.8) is 0 Å². The van der Waals surface area contributed by atoms with Gasteiger partial charge in [0.05, 0.1) is 0 Å². The van der Waals surface area contributed by atoms with Gasteiger partial charge in [-0.2, -0.15) is 5.21 Å². The van der Waals surface area contributed by atoms with Crippen LogP contribution in [0.1, 0.15) is 46.8 Å². The summed E-state index contributed by atoms with van der Waals surface area (Å²) in [6.07, 6.45) is -0.519. The molecule has 8 heteroatoms. The van der Waals surface area contributed by atoms with E-state index in [1.54, 1.807) is 62.4 Å². The molecule has 0 bridgehead atoms. The molecule has 2 unspecified atom stereocenters. The van der Waals surface area contributed by atoms with Gasteiger partial charge in [0.1, 0.15) is 24.4 Å². The third-order valence-corrected chi connectivity index (χ3v) is 5.56. The van der Waals surface area contributed by atoms with Gasteiger partial charge in [0, 0.05) is 22.6 Å². The predicted octanol–water partition coefficient (Wildman–Crippen LogP) is 4.82. The van der Waals surface area contributed by atoms with Gasteiger partial charge in [0.15, 0.2) is 6.17 Å². The number of alkyl halides is 1. The van der Waals surface area contributed by atoms with E-state index in [2.05, 4.69) is 20.6 Å². The van der Waals surface area contributed by atoms with Crippen molar-refractivity contribution in [2.75, 3.05) is 0 Å². The number of phenols is 1. The minimum Gasteiger partial charge on any atom is -0.507 e. The summed E-state index contributed by atoms with van der Waals surface area (Å²) in [5.41, 5.74) is 3.69. The number of halogens is 1. The lowest BCUT2D eigenvalue weighted by atomic mass is 9.98. The van der Waals surface area contributed by atoms with Crippen LogP contribution in [0.5, 0.6) is 11.5 Å². The van der Waals surface area contributed by atoms with Gasteiger partial charge in [0.25, 0.3) is 0 Å². The molecule has 4 rings (SSSR count). The van der Waals surface area contributed by atoms with Crippen LogP contribution in [-0.2, 0) is 11.4 Å². The molecule has 2 atom stereocenters. The van der Waals surface area contributed by atoms with E-state index in [9.17, 15) is 9.90 Å². The third kappa shape index (κ3) is 4.74. The number of H-pyrrole nitrogens is 1. The molecule has 0 spiro atoms. The predicted molar refractivity (Wildman–Crippen MR) is 121 cm³/mol. The number of aromatic nitrogens is 4. The van der Waals surface area contributed by atoms with Crippen molar-refractivity contribution in [3.8, 4) is 22.9 Å². The van der Waals surface area contributed by atoms with Crippen LogP contribution >= 0.6 is 0 Å². The Morgan fingerprint density at radius 3 is 2.61 bits per heavy atom. The fraction of sp³-hybridized carbons (Fsp3) is 0.200. The molecule has 0 radical (unpaired) electrons. The van der Waals surface area contributed by atoms with Crippen LogP contribution in [0.4, 0.5) is 4.39 Å². The van der Waals surface area contributed by atoms with Gasteiger partial charge in [-0.3, -0.25) is 0 Å². The molecule has 33 heavy (non-hydrogen) atoms. The monoisotopic (exact) mass is 446 g/mol. The number of phenolic OH excluding ortho intramolecular Hbond substituents is 1. The summed E-state index contributed by atoms with van der Waals surface area (Å²) in [6.45, 7) is 3.72. The maximum atomic E-state index is 15.2. The Morgan fingerprint density at radius 2 is 1.91 bits per heavy atom. The molecule has 7 nitrogen and oxygen atoms in total. The molecule has 0 aliphatic carbocycles. The number of hydrogen-bond acceptors (Lipinski definition) is 6. The third-order valence-electron chi connectivity index (χ3n) is 5.56. The highest BCUT2D eigenvalue weighted by Crippen LogP contribution is 2.34. The van der Waals surface area contributed by atoms with Gasteiger partial charge in [-0.25, -0.2) is 4.39 Å². The maximum Gasteiger partial charge on any atom is 0.204 e. The van der Waals surface area contributed by atoms with Crippen LogP contribution in [-0.4, -0.2) is 32.0 Å². The number of ether oxygens (including phenoxy) is 1. The first-order valence-electron chi connectivity index (χ1n) is 10.4. The SMILES string of the molecule is Cc1c(OCc2ccc(C(F)c3cccc(-c4nn[nH]n4)c3)cc2)ccc(C(C)C=O)c1O. The summed E-state index contributed by atoms with van der Waals surface area (Å²) in [6, 6.07) is 17.5. The minimum atomic E-state index is -1.31. The van der Waals surface area contributed by atoms with E-state index in [1.165, 1.54) is 0 Å². The van der Waals surface area contributed by atoms with E-state index in [4.69, 9.17) is 4.74 Å². The molecule has 1 heterocycles. The number of aromatic amines is 1. The number of nitrogens with zero attached hydrogens (tertiary/aromatic N) is 3. The number of rotatable bonds is 8. The highest BCUT2D eigenvalue weighted by atomic mass is 19.1. The summed E-state index contributed by atoms with van der Waals surface area (Å²) < 4.78 is 21.0. The molecule has 0 aliphatic heterocycles. The fourth-order valence-electron chi connectivity index (χ4n) is 3.56. The number of carbonyl (C=O) groups excluding carboxylic acids is 1. The first kappa shape index (κ1) is 22.1.